The van der Waals surface area contributed by atoms with Gasteiger partial charge < -0.3 is 0 Å². The molecule has 1 amide bonds. The first-order valence-corrected chi connectivity index (χ1v) is 6.06. The number of hydrazine groups is 1. The number of hydrogen-bond acceptors (Lipinski definition) is 2. The predicted octanol–water partition coefficient (Wildman–Crippen LogP) is 2.67. The summed E-state index contributed by atoms with van der Waals surface area (Å²) in [7, 11) is 0. The molecule has 0 radical (unpaired) electrons. The summed E-state index contributed by atoms with van der Waals surface area (Å²) in [6, 6.07) is 5.05. The van der Waals surface area contributed by atoms with E-state index in [0.29, 0.717) is 12.8 Å². The third-order valence-corrected chi connectivity index (χ3v) is 3.54. The van der Waals surface area contributed by atoms with Crippen LogP contribution in [0.3, 0.4) is 0 Å². The summed E-state index contributed by atoms with van der Waals surface area (Å²) in [6.07, 6.45) is -3.47. The van der Waals surface area contributed by atoms with Gasteiger partial charge in [-0.05, 0) is 31.4 Å². The van der Waals surface area contributed by atoms with E-state index >= 15 is 0 Å². The van der Waals surface area contributed by atoms with Gasteiger partial charge in [-0.2, -0.15) is 13.2 Å². The molecule has 0 bridgehead atoms. The van der Waals surface area contributed by atoms with E-state index in [1.54, 1.807) is 6.92 Å². The molecule has 0 saturated carbocycles. The molecule has 3 nitrogen and oxygen atoms in total. The SMILES string of the molecule is CC1CCC(c2ccccc2C(F)(F)F)C(=O)N1N. The van der Waals surface area contributed by atoms with Crippen LogP contribution in [0, 0.1) is 0 Å². The number of halogens is 3. The maximum absolute atomic E-state index is 12.9. The van der Waals surface area contributed by atoms with E-state index < -0.39 is 23.6 Å². The van der Waals surface area contributed by atoms with Crippen molar-refractivity contribution in [3.05, 3.63) is 35.4 Å². The molecule has 1 fully saturated rings. The van der Waals surface area contributed by atoms with E-state index in [9.17, 15) is 18.0 Å². The van der Waals surface area contributed by atoms with E-state index in [4.69, 9.17) is 5.84 Å². The molecule has 1 aromatic rings. The second-order valence-corrected chi connectivity index (χ2v) is 4.81. The van der Waals surface area contributed by atoms with E-state index in [-0.39, 0.29) is 11.6 Å². The number of nitrogens with two attached hydrogens (primary N) is 1. The van der Waals surface area contributed by atoms with Crippen LogP contribution in [0.4, 0.5) is 13.2 Å². The van der Waals surface area contributed by atoms with Crippen LogP contribution in [0.25, 0.3) is 0 Å². The number of hydrogen-bond donors (Lipinski definition) is 1. The Bertz CT molecular complexity index is 487. The monoisotopic (exact) mass is 272 g/mol. The number of nitrogens with zero attached hydrogens (tertiary/aromatic N) is 1. The van der Waals surface area contributed by atoms with Crippen molar-refractivity contribution in [3.8, 4) is 0 Å². The molecule has 2 N–H and O–H groups in total. The van der Waals surface area contributed by atoms with Gasteiger partial charge in [0.1, 0.15) is 0 Å². The fourth-order valence-corrected chi connectivity index (χ4v) is 2.42. The predicted molar refractivity (Wildman–Crippen MR) is 63.9 cm³/mol. The third-order valence-electron chi connectivity index (χ3n) is 3.54. The Balaban J connectivity index is 2.40. The quantitative estimate of drug-likeness (QED) is 0.631. The lowest BCUT2D eigenvalue weighted by molar-refractivity contribution is -0.141. The first-order chi connectivity index (χ1) is 8.82. The Morgan fingerprint density at radius 2 is 1.89 bits per heavy atom. The molecule has 2 rings (SSSR count). The molecule has 1 aliphatic heterocycles. The van der Waals surface area contributed by atoms with Crippen molar-refractivity contribution in [3.63, 3.8) is 0 Å². The van der Waals surface area contributed by atoms with Crippen molar-refractivity contribution < 1.29 is 18.0 Å². The van der Waals surface area contributed by atoms with Crippen molar-refractivity contribution in [2.24, 2.45) is 5.84 Å². The number of carbonyl (C=O) groups is 1. The van der Waals surface area contributed by atoms with Gasteiger partial charge in [-0.15, -0.1) is 0 Å². The van der Waals surface area contributed by atoms with Gasteiger partial charge in [-0.3, -0.25) is 9.80 Å². The van der Waals surface area contributed by atoms with E-state index in [1.807, 2.05) is 0 Å². The van der Waals surface area contributed by atoms with Crippen LogP contribution >= 0.6 is 0 Å². The van der Waals surface area contributed by atoms with Crippen molar-refractivity contribution in [1.29, 1.82) is 0 Å². The normalized spacial score (nSPS) is 24.7. The Hall–Kier alpha value is -1.56. The maximum atomic E-state index is 12.9. The molecule has 2 atom stereocenters. The lowest BCUT2D eigenvalue weighted by Gasteiger charge is -2.35. The molecule has 2 unspecified atom stereocenters. The summed E-state index contributed by atoms with van der Waals surface area (Å²) in [5.74, 6) is 4.36. The van der Waals surface area contributed by atoms with Gasteiger partial charge in [0.25, 0.3) is 0 Å². The van der Waals surface area contributed by atoms with Crippen LogP contribution < -0.4 is 5.84 Å². The number of alkyl halides is 3. The summed E-state index contributed by atoms with van der Waals surface area (Å²) >= 11 is 0. The smallest absolute Gasteiger partial charge is 0.277 e. The van der Waals surface area contributed by atoms with Gasteiger partial charge in [0.05, 0.1) is 11.5 Å². The Labute approximate surface area is 109 Å². The molecule has 1 saturated heterocycles. The number of amides is 1. The zero-order valence-electron chi connectivity index (χ0n) is 10.4. The number of piperidine rings is 1. The van der Waals surface area contributed by atoms with E-state index in [0.717, 1.165) is 11.1 Å². The molecule has 1 aromatic carbocycles. The van der Waals surface area contributed by atoms with Gasteiger partial charge in [0.2, 0.25) is 5.91 Å². The molecule has 1 aliphatic rings. The van der Waals surface area contributed by atoms with Crippen LogP contribution in [0.5, 0.6) is 0 Å². The fourth-order valence-electron chi connectivity index (χ4n) is 2.42. The summed E-state index contributed by atoms with van der Waals surface area (Å²) in [6.45, 7) is 1.78. The average Bonchev–Trinajstić information content (AvgIpc) is 2.35. The van der Waals surface area contributed by atoms with Gasteiger partial charge in [0.15, 0.2) is 0 Å². The molecule has 0 aromatic heterocycles. The molecule has 19 heavy (non-hydrogen) atoms. The molecular weight excluding hydrogens is 257 g/mol. The first kappa shape index (κ1) is 13.9. The lowest BCUT2D eigenvalue weighted by Crippen LogP contribution is -2.50. The third kappa shape index (κ3) is 2.58. The fraction of sp³-hybridized carbons (Fsp3) is 0.462. The summed E-state index contributed by atoms with van der Waals surface area (Å²) < 4.78 is 38.8. The highest BCUT2D eigenvalue weighted by Gasteiger charge is 2.39. The topological polar surface area (TPSA) is 46.3 Å². The van der Waals surface area contributed by atoms with Crippen molar-refractivity contribution >= 4 is 5.91 Å². The van der Waals surface area contributed by atoms with Gasteiger partial charge in [0, 0.05) is 6.04 Å². The minimum atomic E-state index is -4.46. The van der Waals surface area contributed by atoms with Crippen molar-refractivity contribution in [2.45, 2.75) is 37.9 Å². The Morgan fingerprint density at radius 1 is 1.26 bits per heavy atom. The highest BCUT2D eigenvalue weighted by molar-refractivity contribution is 5.84. The van der Waals surface area contributed by atoms with Crippen molar-refractivity contribution in [2.75, 3.05) is 0 Å². The van der Waals surface area contributed by atoms with E-state index in [1.165, 1.54) is 18.2 Å². The average molecular weight is 272 g/mol. The van der Waals surface area contributed by atoms with Gasteiger partial charge >= 0.3 is 6.18 Å². The molecule has 104 valence electrons. The molecule has 0 aliphatic carbocycles. The number of benzene rings is 1. The zero-order valence-corrected chi connectivity index (χ0v) is 10.4. The van der Waals surface area contributed by atoms with Crippen LogP contribution in [-0.4, -0.2) is 17.0 Å². The van der Waals surface area contributed by atoms with Gasteiger partial charge in [-0.1, -0.05) is 18.2 Å². The summed E-state index contributed by atoms with van der Waals surface area (Å²) in [4.78, 5) is 12.0. The maximum Gasteiger partial charge on any atom is 0.416 e. The molecule has 6 heteroatoms. The highest BCUT2D eigenvalue weighted by atomic mass is 19.4. The standard InChI is InChI=1S/C13H15F3N2O/c1-8-6-7-10(12(19)18(8)17)9-4-2-3-5-11(9)13(14,15)16/h2-5,8,10H,6-7,17H2,1H3. The van der Waals surface area contributed by atoms with Gasteiger partial charge in [-0.25, -0.2) is 5.84 Å². The Kier molecular flexibility index (Phi) is 3.54. The lowest BCUT2D eigenvalue weighted by atomic mass is 9.85. The minimum absolute atomic E-state index is 0.0161. The molecule has 1 heterocycles. The second-order valence-electron chi connectivity index (χ2n) is 4.81. The van der Waals surface area contributed by atoms with Crippen molar-refractivity contribution in [1.82, 2.24) is 5.01 Å². The number of rotatable bonds is 1. The largest absolute Gasteiger partial charge is 0.416 e. The molecular formula is C13H15F3N2O. The highest BCUT2D eigenvalue weighted by Crippen LogP contribution is 2.38. The molecule has 0 spiro atoms. The van der Waals surface area contributed by atoms with Crippen LogP contribution in [0.2, 0.25) is 0 Å². The van der Waals surface area contributed by atoms with Crippen LogP contribution in [-0.2, 0) is 11.0 Å². The van der Waals surface area contributed by atoms with Crippen LogP contribution in [0.1, 0.15) is 36.8 Å². The summed E-state index contributed by atoms with van der Waals surface area (Å²) in [5, 5.41) is 1.04. The minimum Gasteiger partial charge on any atom is -0.277 e. The first-order valence-electron chi connectivity index (χ1n) is 6.06. The summed E-state index contributed by atoms with van der Waals surface area (Å²) in [5.41, 5.74) is -0.737. The zero-order chi connectivity index (χ0) is 14.2. The van der Waals surface area contributed by atoms with E-state index in [2.05, 4.69) is 0 Å². The number of carbonyl (C=O) groups excluding carboxylic acids is 1. The van der Waals surface area contributed by atoms with Crippen LogP contribution in [0.15, 0.2) is 24.3 Å². The second kappa shape index (κ2) is 4.85. The Morgan fingerprint density at radius 3 is 2.53 bits per heavy atom.